The van der Waals surface area contributed by atoms with Crippen molar-refractivity contribution in [2.24, 2.45) is 4.99 Å². The minimum atomic E-state index is 0.154. The molecule has 7 nitrogen and oxygen atoms in total. The number of nitrogens with zero attached hydrogens (tertiary/aromatic N) is 2. The second-order valence-corrected chi connectivity index (χ2v) is 7.67. The van der Waals surface area contributed by atoms with Gasteiger partial charge < -0.3 is 24.8 Å². The van der Waals surface area contributed by atoms with E-state index < -0.39 is 0 Å². The molecule has 0 atom stereocenters. The predicted molar refractivity (Wildman–Crippen MR) is 119 cm³/mol. The maximum Gasteiger partial charge on any atom is 0.196 e. The standard InChI is InChI=1S/C21H32N4O3S/c1-16(2)28-19-8-6-18(7-9-19)25-21(22-10-5-11-27-13-12-26-4)23-14-20-17(3)24-15-29-20/h6-9,15-16H,5,10-14H2,1-4H3,(H2,22,23,25). The van der Waals surface area contributed by atoms with Gasteiger partial charge >= 0.3 is 0 Å². The number of rotatable bonds is 12. The summed E-state index contributed by atoms with van der Waals surface area (Å²) in [5.74, 6) is 1.58. The van der Waals surface area contributed by atoms with Crippen LogP contribution < -0.4 is 15.4 Å². The van der Waals surface area contributed by atoms with E-state index in [1.807, 2.05) is 50.5 Å². The van der Waals surface area contributed by atoms with Crippen LogP contribution in [0.1, 0.15) is 30.8 Å². The first-order valence-electron chi connectivity index (χ1n) is 9.86. The monoisotopic (exact) mass is 420 g/mol. The highest BCUT2D eigenvalue weighted by Crippen LogP contribution is 2.17. The second kappa shape index (κ2) is 13.1. The molecule has 0 bridgehead atoms. The first kappa shape index (κ1) is 23.1. The van der Waals surface area contributed by atoms with Crippen molar-refractivity contribution >= 4 is 23.0 Å². The van der Waals surface area contributed by atoms with Crippen LogP contribution in [0.3, 0.4) is 0 Å². The van der Waals surface area contributed by atoms with Gasteiger partial charge in [-0.2, -0.15) is 0 Å². The summed E-state index contributed by atoms with van der Waals surface area (Å²) >= 11 is 1.62. The number of aromatic nitrogens is 1. The molecule has 1 aromatic heterocycles. The Hall–Kier alpha value is -2.16. The molecule has 1 heterocycles. The Bertz CT molecular complexity index is 732. The molecule has 1 aromatic carbocycles. The summed E-state index contributed by atoms with van der Waals surface area (Å²) in [6, 6.07) is 7.88. The van der Waals surface area contributed by atoms with Gasteiger partial charge in [0.05, 0.1) is 37.1 Å². The molecule has 2 aromatic rings. The average molecular weight is 421 g/mol. The van der Waals surface area contributed by atoms with Gasteiger partial charge in [0.1, 0.15) is 5.75 Å². The van der Waals surface area contributed by atoms with Crippen molar-refractivity contribution in [3.05, 3.63) is 40.3 Å². The van der Waals surface area contributed by atoms with E-state index >= 15 is 0 Å². The molecule has 0 unspecified atom stereocenters. The summed E-state index contributed by atoms with van der Waals surface area (Å²) in [4.78, 5) is 10.2. The van der Waals surface area contributed by atoms with Crippen LogP contribution in [0.25, 0.3) is 0 Å². The number of hydrogen-bond acceptors (Lipinski definition) is 6. The number of anilines is 1. The number of hydrogen-bond donors (Lipinski definition) is 2. The average Bonchev–Trinajstić information content (AvgIpc) is 3.11. The predicted octanol–water partition coefficient (Wildman–Crippen LogP) is 3.85. The van der Waals surface area contributed by atoms with Gasteiger partial charge in [0.25, 0.3) is 0 Å². The molecule has 2 rings (SSSR count). The molecule has 29 heavy (non-hydrogen) atoms. The molecule has 8 heteroatoms. The molecule has 2 N–H and O–H groups in total. The van der Waals surface area contributed by atoms with Crippen LogP contribution in [0, 0.1) is 6.92 Å². The van der Waals surface area contributed by atoms with Crippen LogP contribution in [-0.4, -0.2) is 50.5 Å². The van der Waals surface area contributed by atoms with E-state index in [2.05, 4.69) is 15.6 Å². The third-order valence-electron chi connectivity index (χ3n) is 3.90. The van der Waals surface area contributed by atoms with Gasteiger partial charge in [0.15, 0.2) is 5.96 Å². The summed E-state index contributed by atoms with van der Waals surface area (Å²) < 4.78 is 16.2. The smallest absolute Gasteiger partial charge is 0.196 e. The van der Waals surface area contributed by atoms with Crippen LogP contribution in [0.15, 0.2) is 34.8 Å². The number of thiazole rings is 1. The Labute approximate surface area is 177 Å². The molecule has 0 fully saturated rings. The molecule has 0 spiro atoms. The third-order valence-corrected chi connectivity index (χ3v) is 4.82. The number of ether oxygens (including phenoxy) is 3. The molecule has 0 aliphatic rings. The van der Waals surface area contributed by atoms with Gasteiger partial charge in [0, 0.05) is 30.8 Å². The lowest BCUT2D eigenvalue weighted by Crippen LogP contribution is -2.32. The molecule has 0 saturated carbocycles. The molecule has 0 saturated heterocycles. The van der Waals surface area contributed by atoms with Crippen molar-refractivity contribution in [2.45, 2.75) is 39.8 Å². The van der Waals surface area contributed by atoms with Crippen LogP contribution in [-0.2, 0) is 16.0 Å². The molecule has 0 radical (unpaired) electrons. The number of benzene rings is 1. The lowest BCUT2D eigenvalue weighted by Gasteiger charge is -2.14. The lowest BCUT2D eigenvalue weighted by atomic mass is 10.3. The summed E-state index contributed by atoms with van der Waals surface area (Å²) in [6.07, 6.45) is 1.03. The Kier molecular flexibility index (Phi) is 10.5. The van der Waals surface area contributed by atoms with E-state index in [-0.39, 0.29) is 6.10 Å². The summed E-state index contributed by atoms with van der Waals surface area (Å²) in [6.45, 7) is 9.30. The van der Waals surface area contributed by atoms with Gasteiger partial charge in [-0.05, 0) is 51.5 Å². The number of aryl methyl sites for hydroxylation is 1. The largest absolute Gasteiger partial charge is 0.491 e. The Morgan fingerprint density at radius 3 is 2.62 bits per heavy atom. The van der Waals surface area contributed by atoms with E-state index in [4.69, 9.17) is 19.2 Å². The third kappa shape index (κ3) is 9.25. The maximum absolute atomic E-state index is 5.70. The van der Waals surface area contributed by atoms with E-state index in [0.717, 1.165) is 40.9 Å². The summed E-state index contributed by atoms with van der Waals surface area (Å²) in [5.41, 5.74) is 3.83. The summed E-state index contributed by atoms with van der Waals surface area (Å²) in [5, 5.41) is 6.73. The quantitative estimate of drug-likeness (QED) is 0.309. The Morgan fingerprint density at radius 2 is 1.97 bits per heavy atom. The number of aliphatic imine (C=N–C) groups is 1. The highest BCUT2D eigenvalue weighted by Gasteiger charge is 2.05. The minimum Gasteiger partial charge on any atom is -0.491 e. The zero-order valence-electron chi connectivity index (χ0n) is 17.7. The van der Waals surface area contributed by atoms with Gasteiger partial charge in [-0.3, -0.25) is 0 Å². The van der Waals surface area contributed by atoms with Crippen molar-refractivity contribution in [3.63, 3.8) is 0 Å². The highest BCUT2D eigenvalue weighted by molar-refractivity contribution is 7.09. The summed E-state index contributed by atoms with van der Waals surface area (Å²) in [7, 11) is 1.67. The van der Waals surface area contributed by atoms with Gasteiger partial charge in [-0.25, -0.2) is 9.98 Å². The molecular formula is C21H32N4O3S. The minimum absolute atomic E-state index is 0.154. The normalized spacial score (nSPS) is 11.7. The fourth-order valence-electron chi connectivity index (χ4n) is 2.42. The molecular weight excluding hydrogens is 388 g/mol. The zero-order valence-corrected chi connectivity index (χ0v) is 18.6. The molecule has 0 aliphatic heterocycles. The first-order valence-corrected chi connectivity index (χ1v) is 10.7. The van der Waals surface area contributed by atoms with E-state index in [1.54, 1.807) is 18.4 Å². The van der Waals surface area contributed by atoms with Gasteiger partial charge in [0.2, 0.25) is 0 Å². The van der Waals surface area contributed by atoms with Crippen LogP contribution >= 0.6 is 11.3 Å². The fourth-order valence-corrected chi connectivity index (χ4v) is 3.12. The van der Waals surface area contributed by atoms with Crippen molar-refractivity contribution in [3.8, 4) is 5.75 Å². The van der Waals surface area contributed by atoms with Gasteiger partial charge in [-0.15, -0.1) is 11.3 Å². The molecule has 0 aliphatic carbocycles. The number of methoxy groups -OCH3 is 1. The number of nitrogens with one attached hydrogen (secondary N) is 2. The van der Waals surface area contributed by atoms with E-state index in [9.17, 15) is 0 Å². The highest BCUT2D eigenvalue weighted by atomic mass is 32.1. The van der Waals surface area contributed by atoms with Crippen molar-refractivity contribution in [1.82, 2.24) is 10.3 Å². The Balaban J connectivity index is 1.91. The van der Waals surface area contributed by atoms with Gasteiger partial charge in [-0.1, -0.05) is 0 Å². The molecule has 160 valence electrons. The topological polar surface area (TPSA) is 77.0 Å². The SMILES string of the molecule is COCCOCCCNC(=NCc1scnc1C)Nc1ccc(OC(C)C)cc1. The number of guanidine groups is 1. The van der Waals surface area contributed by atoms with Crippen molar-refractivity contribution < 1.29 is 14.2 Å². The van der Waals surface area contributed by atoms with Crippen LogP contribution in [0.4, 0.5) is 5.69 Å². The first-order chi connectivity index (χ1) is 14.1. The fraction of sp³-hybridized carbons (Fsp3) is 0.524. The molecule has 0 amide bonds. The zero-order chi connectivity index (χ0) is 20.9. The van der Waals surface area contributed by atoms with E-state index in [1.165, 1.54) is 0 Å². The van der Waals surface area contributed by atoms with Crippen LogP contribution in [0.2, 0.25) is 0 Å². The van der Waals surface area contributed by atoms with Crippen molar-refractivity contribution in [2.75, 3.05) is 38.8 Å². The maximum atomic E-state index is 5.70. The lowest BCUT2D eigenvalue weighted by molar-refractivity contribution is 0.0699. The van der Waals surface area contributed by atoms with Crippen LogP contribution in [0.5, 0.6) is 5.75 Å². The second-order valence-electron chi connectivity index (χ2n) is 6.73. The Morgan fingerprint density at radius 1 is 1.17 bits per heavy atom. The van der Waals surface area contributed by atoms with Crippen molar-refractivity contribution in [1.29, 1.82) is 0 Å². The van der Waals surface area contributed by atoms with E-state index in [0.29, 0.717) is 26.4 Å².